The number of hydrogen-bond donors (Lipinski definition) is 3. The summed E-state index contributed by atoms with van der Waals surface area (Å²) in [6.07, 6.45) is 0.960. The van der Waals surface area contributed by atoms with Gasteiger partial charge in [0.15, 0.2) is 0 Å². The molecule has 3 N–H and O–H groups in total. The van der Waals surface area contributed by atoms with Crippen LogP contribution >= 0.6 is 0 Å². The zero-order valence-electron chi connectivity index (χ0n) is 14.1. The van der Waals surface area contributed by atoms with Gasteiger partial charge in [0.1, 0.15) is 6.04 Å². The summed E-state index contributed by atoms with van der Waals surface area (Å²) in [7, 11) is 1.74. The molecule has 0 aliphatic carbocycles. The van der Waals surface area contributed by atoms with Crippen LogP contribution in [0.15, 0.2) is 24.3 Å². The Morgan fingerprint density at radius 2 is 1.64 bits per heavy atom. The number of aryl methyl sites for hydroxylation is 1. The highest BCUT2D eigenvalue weighted by molar-refractivity contribution is 5.97. The molecule has 0 bridgehead atoms. The Balaban J connectivity index is 2.59. The van der Waals surface area contributed by atoms with E-state index in [0.29, 0.717) is 0 Å². The molecule has 0 fully saturated rings. The van der Waals surface area contributed by atoms with E-state index in [1.807, 2.05) is 38.1 Å². The summed E-state index contributed by atoms with van der Waals surface area (Å²) in [5, 5.41) is 8.52. The smallest absolute Gasteiger partial charge is 0.246 e. The van der Waals surface area contributed by atoms with Gasteiger partial charge in [-0.25, -0.2) is 0 Å². The van der Waals surface area contributed by atoms with Gasteiger partial charge >= 0.3 is 0 Å². The van der Waals surface area contributed by atoms with Gasteiger partial charge in [-0.05, 0) is 44.0 Å². The highest BCUT2D eigenvalue weighted by Gasteiger charge is 2.23. The van der Waals surface area contributed by atoms with Crippen LogP contribution in [0.4, 0.5) is 5.69 Å². The average molecular weight is 305 g/mol. The quantitative estimate of drug-likeness (QED) is 0.721. The van der Waals surface area contributed by atoms with Crippen molar-refractivity contribution in [1.82, 2.24) is 10.6 Å². The van der Waals surface area contributed by atoms with Gasteiger partial charge in [0.25, 0.3) is 0 Å². The van der Waals surface area contributed by atoms with Gasteiger partial charge in [0.05, 0.1) is 6.04 Å². The number of carbonyl (C=O) groups is 2. The molecule has 1 rings (SSSR count). The van der Waals surface area contributed by atoms with Crippen LogP contribution in [-0.2, 0) is 16.0 Å². The van der Waals surface area contributed by atoms with Crippen LogP contribution in [0.25, 0.3) is 0 Å². The Bertz CT molecular complexity index is 497. The van der Waals surface area contributed by atoms with Crippen molar-refractivity contribution in [3.63, 3.8) is 0 Å². The molecule has 5 nitrogen and oxygen atoms in total. The first kappa shape index (κ1) is 18.2. The lowest BCUT2D eigenvalue weighted by atomic mass is 10.0. The molecular weight excluding hydrogens is 278 g/mol. The molecule has 0 saturated heterocycles. The zero-order chi connectivity index (χ0) is 16.7. The van der Waals surface area contributed by atoms with Crippen LogP contribution in [0.3, 0.4) is 0 Å². The van der Waals surface area contributed by atoms with Gasteiger partial charge in [-0.2, -0.15) is 0 Å². The van der Waals surface area contributed by atoms with Gasteiger partial charge < -0.3 is 16.0 Å². The maximum absolute atomic E-state index is 12.1. The fraction of sp³-hybridized carbons (Fsp3) is 0.529. The molecule has 0 aromatic heterocycles. The van der Waals surface area contributed by atoms with Crippen molar-refractivity contribution in [3.05, 3.63) is 29.8 Å². The summed E-state index contributed by atoms with van der Waals surface area (Å²) >= 11 is 0. The van der Waals surface area contributed by atoms with Crippen molar-refractivity contribution in [3.8, 4) is 0 Å². The Kier molecular flexibility index (Phi) is 7.05. The molecule has 1 aromatic carbocycles. The second-order valence-electron chi connectivity index (χ2n) is 5.78. The van der Waals surface area contributed by atoms with Crippen molar-refractivity contribution in [1.29, 1.82) is 0 Å². The van der Waals surface area contributed by atoms with Crippen LogP contribution in [0.2, 0.25) is 0 Å². The van der Waals surface area contributed by atoms with E-state index in [0.717, 1.165) is 12.1 Å². The Morgan fingerprint density at radius 1 is 1.05 bits per heavy atom. The molecule has 0 spiro atoms. The fourth-order valence-corrected chi connectivity index (χ4v) is 2.21. The van der Waals surface area contributed by atoms with Crippen molar-refractivity contribution in [2.75, 3.05) is 12.4 Å². The normalized spacial score (nSPS) is 13.5. The highest BCUT2D eigenvalue weighted by Crippen LogP contribution is 2.10. The third kappa shape index (κ3) is 5.15. The maximum Gasteiger partial charge on any atom is 0.246 e. The molecule has 0 aliphatic rings. The number of rotatable bonds is 7. The number of nitrogens with one attached hydrogen (secondary N) is 3. The van der Waals surface area contributed by atoms with E-state index < -0.39 is 6.04 Å². The first-order valence-electron chi connectivity index (χ1n) is 7.76. The topological polar surface area (TPSA) is 70.2 Å². The van der Waals surface area contributed by atoms with Crippen molar-refractivity contribution >= 4 is 17.5 Å². The van der Waals surface area contributed by atoms with Crippen LogP contribution in [0.1, 0.15) is 33.3 Å². The Hall–Kier alpha value is -1.88. The number of likely N-dealkylation sites (N-methyl/N-ethyl adjacent to an activating group) is 1. The fourth-order valence-electron chi connectivity index (χ4n) is 2.21. The molecule has 0 aliphatic heterocycles. The van der Waals surface area contributed by atoms with Crippen LogP contribution in [0.5, 0.6) is 0 Å². The van der Waals surface area contributed by atoms with E-state index in [2.05, 4.69) is 22.9 Å². The lowest BCUT2D eigenvalue weighted by molar-refractivity contribution is -0.128. The molecule has 2 atom stereocenters. The monoisotopic (exact) mass is 305 g/mol. The zero-order valence-corrected chi connectivity index (χ0v) is 14.1. The largest absolute Gasteiger partial charge is 0.343 e. The van der Waals surface area contributed by atoms with Gasteiger partial charge in [0, 0.05) is 5.69 Å². The van der Waals surface area contributed by atoms with E-state index in [9.17, 15) is 9.59 Å². The minimum Gasteiger partial charge on any atom is -0.343 e. The minimum atomic E-state index is -0.590. The number of amides is 2. The van der Waals surface area contributed by atoms with Crippen molar-refractivity contribution < 1.29 is 9.59 Å². The van der Waals surface area contributed by atoms with E-state index in [-0.39, 0.29) is 23.8 Å². The molecule has 5 heteroatoms. The first-order valence-corrected chi connectivity index (χ1v) is 7.76. The number of anilines is 1. The Labute approximate surface area is 132 Å². The molecule has 2 unspecified atom stereocenters. The van der Waals surface area contributed by atoms with Gasteiger partial charge in [-0.1, -0.05) is 32.9 Å². The molecular formula is C17H27N3O2. The highest BCUT2D eigenvalue weighted by atomic mass is 16.2. The lowest BCUT2D eigenvalue weighted by Crippen LogP contribution is -2.51. The number of hydrogen-bond acceptors (Lipinski definition) is 3. The summed E-state index contributed by atoms with van der Waals surface area (Å²) in [4.78, 5) is 24.2. The van der Waals surface area contributed by atoms with E-state index in [1.54, 1.807) is 14.0 Å². The standard InChI is InChI=1S/C17H27N3O2/c1-6-13-7-9-14(10-8-13)20-16(21)12(4)19-17(22)15(18-5)11(2)3/h7-12,15,18H,6H2,1-5H3,(H,19,22)(H,20,21). The summed E-state index contributed by atoms with van der Waals surface area (Å²) in [6, 6.07) is 6.81. The van der Waals surface area contributed by atoms with Crippen LogP contribution in [0, 0.1) is 5.92 Å². The van der Waals surface area contributed by atoms with E-state index in [4.69, 9.17) is 0 Å². The molecule has 22 heavy (non-hydrogen) atoms. The first-order chi connectivity index (χ1) is 10.4. The third-order valence-electron chi connectivity index (χ3n) is 3.64. The average Bonchev–Trinajstić information content (AvgIpc) is 2.48. The second kappa shape index (κ2) is 8.54. The molecule has 1 aromatic rings. The predicted molar refractivity (Wildman–Crippen MR) is 89.7 cm³/mol. The molecule has 0 saturated carbocycles. The van der Waals surface area contributed by atoms with Crippen molar-refractivity contribution in [2.45, 2.75) is 46.2 Å². The SMILES string of the molecule is CCc1ccc(NC(=O)C(C)NC(=O)C(NC)C(C)C)cc1. The predicted octanol–water partition coefficient (Wildman–Crippen LogP) is 1.94. The summed E-state index contributed by atoms with van der Waals surface area (Å²) < 4.78 is 0. The maximum atomic E-state index is 12.1. The van der Waals surface area contributed by atoms with Crippen molar-refractivity contribution in [2.24, 2.45) is 5.92 Å². The number of carbonyl (C=O) groups excluding carboxylic acids is 2. The number of benzene rings is 1. The minimum absolute atomic E-state index is 0.154. The third-order valence-corrected chi connectivity index (χ3v) is 3.64. The van der Waals surface area contributed by atoms with Gasteiger partial charge in [-0.15, -0.1) is 0 Å². The van der Waals surface area contributed by atoms with Crippen LogP contribution < -0.4 is 16.0 Å². The summed E-state index contributed by atoms with van der Waals surface area (Å²) in [5.41, 5.74) is 1.95. The second-order valence-corrected chi connectivity index (χ2v) is 5.78. The molecule has 2 amide bonds. The molecule has 0 radical (unpaired) electrons. The van der Waals surface area contributed by atoms with E-state index >= 15 is 0 Å². The van der Waals surface area contributed by atoms with Gasteiger partial charge in [0.2, 0.25) is 11.8 Å². The molecule has 122 valence electrons. The van der Waals surface area contributed by atoms with E-state index in [1.165, 1.54) is 5.56 Å². The summed E-state index contributed by atoms with van der Waals surface area (Å²) in [6.45, 7) is 7.68. The Morgan fingerprint density at radius 3 is 2.09 bits per heavy atom. The van der Waals surface area contributed by atoms with Crippen LogP contribution in [-0.4, -0.2) is 30.9 Å². The summed E-state index contributed by atoms with van der Waals surface area (Å²) in [5.74, 6) is -0.237. The van der Waals surface area contributed by atoms with Gasteiger partial charge in [-0.3, -0.25) is 9.59 Å². The molecule has 0 heterocycles. The lowest BCUT2D eigenvalue weighted by Gasteiger charge is -2.22.